The van der Waals surface area contributed by atoms with Crippen LogP contribution in [0.3, 0.4) is 0 Å². The van der Waals surface area contributed by atoms with Gasteiger partial charge >= 0.3 is 0 Å². The number of nitrogens with one attached hydrogen (secondary N) is 1. The molecule has 0 spiro atoms. The Labute approximate surface area is 129 Å². The fourth-order valence-electron chi connectivity index (χ4n) is 1.78. The SMILES string of the molecule is NS(=O)(=O)Cc1ccc(NC(=O)COc2ccccc2)cc1. The first-order valence-corrected chi connectivity index (χ1v) is 8.21. The van der Waals surface area contributed by atoms with Crippen molar-refractivity contribution in [2.75, 3.05) is 11.9 Å². The van der Waals surface area contributed by atoms with Crippen molar-refractivity contribution in [1.82, 2.24) is 0 Å². The van der Waals surface area contributed by atoms with Gasteiger partial charge in [0.1, 0.15) is 5.75 Å². The average Bonchev–Trinajstić information content (AvgIpc) is 2.47. The number of benzene rings is 2. The van der Waals surface area contributed by atoms with Gasteiger partial charge in [-0.05, 0) is 29.8 Å². The van der Waals surface area contributed by atoms with E-state index >= 15 is 0 Å². The number of carbonyl (C=O) groups is 1. The molecule has 3 N–H and O–H groups in total. The number of carbonyl (C=O) groups excluding carboxylic acids is 1. The summed E-state index contributed by atoms with van der Waals surface area (Å²) in [6.45, 7) is -0.108. The van der Waals surface area contributed by atoms with Crippen LogP contribution < -0.4 is 15.2 Å². The number of primary sulfonamides is 1. The van der Waals surface area contributed by atoms with Gasteiger partial charge in [0.05, 0.1) is 5.75 Å². The van der Waals surface area contributed by atoms with E-state index in [9.17, 15) is 13.2 Å². The number of hydrogen-bond donors (Lipinski definition) is 2. The van der Waals surface area contributed by atoms with Gasteiger partial charge < -0.3 is 10.1 Å². The normalized spacial score (nSPS) is 11.0. The molecule has 0 saturated carbocycles. The fourth-order valence-corrected chi connectivity index (χ4v) is 2.44. The monoisotopic (exact) mass is 320 g/mol. The summed E-state index contributed by atoms with van der Waals surface area (Å²) >= 11 is 0. The Morgan fingerprint density at radius 3 is 2.27 bits per heavy atom. The number of rotatable bonds is 6. The van der Waals surface area contributed by atoms with E-state index in [1.807, 2.05) is 18.2 Å². The molecule has 0 fully saturated rings. The number of ether oxygens (including phenoxy) is 1. The third kappa shape index (κ3) is 5.55. The molecule has 0 unspecified atom stereocenters. The second kappa shape index (κ2) is 7.06. The molecule has 0 aliphatic carbocycles. The molecule has 2 aromatic carbocycles. The van der Waals surface area contributed by atoms with Crippen LogP contribution in [0.4, 0.5) is 5.69 Å². The first-order valence-electron chi connectivity index (χ1n) is 6.49. The van der Waals surface area contributed by atoms with Crippen LogP contribution in [-0.4, -0.2) is 20.9 Å². The topological polar surface area (TPSA) is 98.5 Å². The van der Waals surface area contributed by atoms with E-state index in [4.69, 9.17) is 9.88 Å². The Balaban J connectivity index is 1.86. The first-order chi connectivity index (χ1) is 10.4. The van der Waals surface area contributed by atoms with Gasteiger partial charge in [-0.25, -0.2) is 13.6 Å². The molecule has 0 aliphatic rings. The zero-order valence-electron chi connectivity index (χ0n) is 11.7. The largest absolute Gasteiger partial charge is 0.484 e. The molecule has 0 bridgehead atoms. The number of amides is 1. The lowest BCUT2D eigenvalue weighted by Crippen LogP contribution is -2.20. The van der Waals surface area contributed by atoms with Gasteiger partial charge in [-0.2, -0.15) is 0 Å². The number of para-hydroxylation sites is 1. The van der Waals surface area contributed by atoms with Crippen molar-refractivity contribution in [3.63, 3.8) is 0 Å². The predicted molar refractivity (Wildman–Crippen MR) is 83.8 cm³/mol. The van der Waals surface area contributed by atoms with E-state index in [0.717, 1.165) is 0 Å². The van der Waals surface area contributed by atoms with Crippen molar-refractivity contribution in [3.8, 4) is 5.75 Å². The summed E-state index contributed by atoms with van der Waals surface area (Å²) in [5, 5.41) is 7.62. The second-order valence-electron chi connectivity index (χ2n) is 4.65. The predicted octanol–water partition coefficient (Wildman–Crippen LogP) is 1.49. The average molecular weight is 320 g/mol. The smallest absolute Gasteiger partial charge is 0.262 e. The summed E-state index contributed by atoms with van der Waals surface area (Å²) in [7, 11) is -3.56. The van der Waals surface area contributed by atoms with Gasteiger partial charge in [-0.15, -0.1) is 0 Å². The Morgan fingerprint density at radius 2 is 1.68 bits per heavy atom. The third-order valence-electron chi connectivity index (χ3n) is 2.72. The maximum Gasteiger partial charge on any atom is 0.262 e. The highest BCUT2D eigenvalue weighted by Crippen LogP contribution is 2.12. The zero-order chi connectivity index (χ0) is 16.0. The summed E-state index contributed by atoms with van der Waals surface area (Å²) in [6, 6.07) is 15.4. The fraction of sp³-hybridized carbons (Fsp3) is 0.133. The molecular weight excluding hydrogens is 304 g/mol. The lowest BCUT2D eigenvalue weighted by atomic mass is 10.2. The molecule has 22 heavy (non-hydrogen) atoms. The van der Waals surface area contributed by atoms with Crippen LogP contribution in [0.15, 0.2) is 54.6 Å². The minimum Gasteiger partial charge on any atom is -0.484 e. The zero-order valence-corrected chi connectivity index (χ0v) is 12.5. The van der Waals surface area contributed by atoms with Crippen LogP contribution >= 0.6 is 0 Å². The lowest BCUT2D eigenvalue weighted by molar-refractivity contribution is -0.118. The summed E-state index contributed by atoms with van der Waals surface area (Å²) in [6.07, 6.45) is 0. The lowest BCUT2D eigenvalue weighted by Gasteiger charge is -2.08. The van der Waals surface area contributed by atoms with Crippen molar-refractivity contribution >= 4 is 21.6 Å². The first kappa shape index (κ1) is 16.0. The van der Waals surface area contributed by atoms with E-state index in [1.165, 1.54) is 0 Å². The van der Waals surface area contributed by atoms with E-state index in [1.54, 1.807) is 36.4 Å². The molecule has 2 aromatic rings. The highest BCUT2D eigenvalue weighted by atomic mass is 32.2. The van der Waals surface area contributed by atoms with E-state index in [2.05, 4.69) is 5.32 Å². The van der Waals surface area contributed by atoms with Gasteiger partial charge in [-0.3, -0.25) is 4.79 Å². The molecular formula is C15H16N2O4S. The van der Waals surface area contributed by atoms with Gasteiger partial charge in [-0.1, -0.05) is 30.3 Å². The quantitative estimate of drug-likeness (QED) is 0.842. The Bertz CT molecular complexity index is 728. The molecule has 0 atom stereocenters. The van der Waals surface area contributed by atoms with Gasteiger partial charge in [0.25, 0.3) is 5.91 Å². The molecule has 2 rings (SSSR count). The minimum atomic E-state index is -3.56. The van der Waals surface area contributed by atoms with Crippen LogP contribution in [0.2, 0.25) is 0 Å². The van der Waals surface area contributed by atoms with Crippen LogP contribution in [0, 0.1) is 0 Å². The molecule has 7 heteroatoms. The van der Waals surface area contributed by atoms with Crippen molar-refractivity contribution in [2.24, 2.45) is 5.14 Å². The maximum absolute atomic E-state index is 11.7. The number of nitrogens with two attached hydrogens (primary N) is 1. The van der Waals surface area contributed by atoms with Gasteiger partial charge in [0.2, 0.25) is 10.0 Å². The molecule has 116 valence electrons. The highest BCUT2D eigenvalue weighted by molar-refractivity contribution is 7.88. The Kier molecular flexibility index (Phi) is 5.13. The van der Waals surface area contributed by atoms with E-state index < -0.39 is 10.0 Å². The standard InChI is InChI=1S/C15H16N2O4S/c16-22(19,20)11-12-6-8-13(9-7-12)17-15(18)10-21-14-4-2-1-3-5-14/h1-9H,10-11H2,(H,17,18)(H2,16,19,20). The number of anilines is 1. The van der Waals surface area contributed by atoms with E-state index in [0.29, 0.717) is 17.0 Å². The Hall–Kier alpha value is -2.38. The van der Waals surface area contributed by atoms with E-state index in [-0.39, 0.29) is 18.3 Å². The number of hydrogen-bond acceptors (Lipinski definition) is 4. The summed E-state index contributed by atoms with van der Waals surface area (Å²) in [5.41, 5.74) is 1.11. The summed E-state index contributed by atoms with van der Waals surface area (Å²) in [4.78, 5) is 11.7. The molecule has 0 heterocycles. The van der Waals surface area contributed by atoms with Gasteiger partial charge in [0.15, 0.2) is 6.61 Å². The summed E-state index contributed by atoms with van der Waals surface area (Å²) in [5.74, 6) is 0.0717. The van der Waals surface area contributed by atoms with Crippen LogP contribution in [0.5, 0.6) is 5.75 Å². The van der Waals surface area contributed by atoms with Crippen LogP contribution in [0.25, 0.3) is 0 Å². The highest BCUT2D eigenvalue weighted by Gasteiger charge is 2.06. The Morgan fingerprint density at radius 1 is 1.05 bits per heavy atom. The summed E-state index contributed by atoms with van der Waals surface area (Å²) < 4.78 is 27.3. The molecule has 0 radical (unpaired) electrons. The molecule has 1 amide bonds. The minimum absolute atomic E-state index is 0.108. The molecule has 0 saturated heterocycles. The number of sulfonamides is 1. The van der Waals surface area contributed by atoms with Crippen LogP contribution in [0.1, 0.15) is 5.56 Å². The third-order valence-corrected chi connectivity index (χ3v) is 3.45. The maximum atomic E-state index is 11.7. The molecule has 6 nitrogen and oxygen atoms in total. The van der Waals surface area contributed by atoms with Crippen molar-refractivity contribution in [2.45, 2.75) is 5.75 Å². The van der Waals surface area contributed by atoms with Crippen LogP contribution in [-0.2, 0) is 20.6 Å². The molecule has 0 aliphatic heterocycles. The second-order valence-corrected chi connectivity index (χ2v) is 6.27. The molecule has 0 aromatic heterocycles. The van der Waals surface area contributed by atoms with Crippen molar-refractivity contribution in [1.29, 1.82) is 0 Å². The van der Waals surface area contributed by atoms with Crippen molar-refractivity contribution < 1.29 is 17.9 Å². The van der Waals surface area contributed by atoms with Gasteiger partial charge in [0, 0.05) is 5.69 Å². The van der Waals surface area contributed by atoms with Crippen molar-refractivity contribution in [3.05, 3.63) is 60.2 Å².